The Morgan fingerprint density at radius 1 is 1.32 bits per heavy atom. The van der Waals surface area contributed by atoms with Crippen molar-refractivity contribution in [3.05, 3.63) is 29.1 Å². The largest absolute Gasteiger partial charge is 0.333 e. The third-order valence-electron chi connectivity index (χ3n) is 4.15. The first-order valence-corrected chi connectivity index (χ1v) is 8.81. The Labute approximate surface area is 130 Å². The van der Waals surface area contributed by atoms with Crippen molar-refractivity contribution in [1.82, 2.24) is 24.1 Å². The molecule has 120 valence electrons. The number of hydrogen-bond acceptors (Lipinski definition) is 4. The smallest absolute Gasteiger partial charge is 0.244 e. The third-order valence-corrected chi connectivity index (χ3v) is 5.92. The van der Waals surface area contributed by atoms with Crippen LogP contribution in [0.15, 0.2) is 11.1 Å². The van der Waals surface area contributed by atoms with Gasteiger partial charge in [-0.15, -0.1) is 0 Å². The molecule has 1 aliphatic rings. The first-order chi connectivity index (χ1) is 10.3. The number of imidazole rings is 1. The number of aryl methyl sites for hydroxylation is 4. The topological polar surface area (TPSA) is 81.8 Å². The first kappa shape index (κ1) is 15.2. The molecule has 0 amide bonds. The van der Waals surface area contributed by atoms with Gasteiger partial charge in [-0.05, 0) is 27.2 Å². The zero-order chi connectivity index (χ0) is 16.1. The Morgan fingerprint density at radius 2 is 2.05 bits per heavy atom. The fraction of sp³-hybridized carbons (Fsp3) is 0.571. The van der Waals surface area contributed by atoms with E-state index in [-0.39, 0.29) is 6.04 Å². The number of hydrogen-bond donors (Lipinski definition) is 1. The van der Waals surface area contributed by atoms with Crippen molar-refractivity contribution in [3.63, 3.8) is 0 Å². The average molecular weight is 323 g/mol. The molecule has 1 N–H and O–H groups in total. The van der Waals surface area contributed by atoms with Crippen LogP contribution < -0.4 is 4.72 Å². The van der Waals surface area contributed by atoms with Crippen molar-refractivity contribution in [2.75, 3.05) is 0 Å². The Hall–Kier alpha value is -1.67. The fourth-order valence-corrected chi connectivity index (χ4v) is 4.80. The van der Waals surface area contributed by atoms with Gasteiger partial charge >= 0.3 is 0 Å². The van der Waals surface area contributed by atoms with E-state index in [0.717, 1.165) is 24.4 Å². The minimum absolute atomic E-state index is 0.120. The van der Waals surface area contributed by atoms with Gasteiger partial charge in [0.25, 0.3) is 0 Å². The molecule has 1 unspecified atom stereocenters. The van der Waals surface area contributed by atoms with E-state index in [1.807, 2.05) is 17.7 Å². The maximum Gasteiger partial charge on any atom is 0.244 e. The number of nitrogens with zero attached hydrogens (tertiary/aromatic N) is 4. The van der Waals surface area contributed by atoms with E-state index in [4.69, 9.17) is 0 Å². The summed E-state index contributed by atoms with van der Waals surface area (Å²) in [6.07, 6.45) is 3.51. The molecule has 2 aromatic heterocycles. The van der Waals surface area contributed by atoms with Gasteiger partial charge < -0.3 is 4.57 Å². The van der Waals surface area contributed by atoms with E-state index in [1.165, 1.54) is 0 Å². The lowest BCUT2D eigenvalue weighted by molar-refractivity contribution is 0.421. The van der Waals surface area contributed by atoms with Gasteiger partial charge in [0.2, 0.25) is 10.0 Å². The van der Waals surface area contributed by atoms with E-state index in [9.17, 15) is 8.42 Å². The summed E-state index contributed by atoms with van der Waals surface area (Å²) in [7, 11) is -1.81. The Bertz CT molecular complexity index is 819. The van der Waals surface area contributed by atoms with E-state index < -0.39 is 10.0 Å². The van der Waals surface area contributed by atoms with Crippen LogP contribution in [0.5, 0.6) is 0 Å². The normalized spacial score (nSPS) is 18.5. The predicted molar refractivity (Wildman–Crippen MR) is 82.1 cm³/mol. The molecule has 3 rings (SSSR count). The van der Waals surface area contributed by atoms with Crippen LogP contribution in [-0.4, -0.2) is 33.8 Å². The van der Waals surface area contributed by atoms with Gasteiger partial charge in [0.05, 0.1) is 17.1 Å². The van der Waals surface area contributed by atoms with E-state index in [1.54, 1.807) is 25.6 Å². The van der Waals surface area contributed by atoms with Crippen molar-refractivity contribution in [2.24, 2.45) is 7.05 Å². The van der Waals surface area contributed by atoms with Crippen molar-refractivity contribution in [2.45, 2.75) is 51.1 Å². The molecule has 0 aliphatic carbocycles. The lowest BCUT2D eigenvalue weighted by atomic mass is 10.1. The number of nitrogens with one attached hydrogen (secondary N) is 1. The van der Waals surface area contributed by atoms with Crippen LogP contribution in [0.2, 0.25) is 0 Å². The molecule has 7 nitrogen and oxygen atoms in total. The van der Waals surface area contributed by atoms with E-state index in [0.29, 0.717) is 22.8 Å². The highest BCUT2D eigenvalue weighted by Crippen LogP contribution is 2.21. The predicted octanol–water partition coefficient (Wildman–Crippen LogP) is 0.835. The van der Waals surface area contributed by atoms with Crippen LogP contribution in [0.4, 0.5) is 0 Å². The molecule has 0 bridgehead atoms. The molecule has 8 heteroatoms. The Kier molecular flexibility index (Phi) is 3.60. The third kappa shape index (κ3) is 2.56. The van der Waals surface area contributed by atoms with Crippen LogP contribution in [0.1, 0.15) is 29.3 Å². The summed E-state index contributed by atoms with van der Waals surface area (Å²) in [6, 6.07) is -0.120. The molecule has 1 atom stereocenters. The second-order valence-electron chi connectivity index (χ2n) is 5.93. The van der Waals surface area contributed by atoms with Crippen LogP contribution in [0.3, 0.4) is 0 Å². The summed E-state index contributed by atoms with van der Waals surface area (Å²) < 4.78 is 31.8. The summed E-state index contributed by atoms with van der Waals surface area (Å²) in [4.78, 5) is 4.74. The van der Waals surface area contributed by atoms with Gasteiger partial charge in [0.15, 0.2) is 0 Å². The molecule has 0 saturated carbocycles. The zero-order valence-corrected chi connectivity index (χ0v) is 14.1. The highest BCUT2D eigenvalue weighted by atomic mass is 32.2. The molecule has 1 aliphatic heterocycles. The summed E-state index contributed by atoms with van der Waals surface area (Å²) in [5.41, 5.74) is 2.15. The van der Waals surface area contributed by atoms with Gasteiger partial charge in [-0.3, -0.25) is 4.68 Å². The van der Waals surface area contributed by atoms with E-state index >= 15 is 0 Å². The second-order valence-corrected chi connectivity index (χ2v) is 7.58. The number of aromatic nitrogens is 4. The monoisotopic (exact) mass is 323 g/mol. The van der Waals surface area contributed by atoms with Gasteiger partial charge in [-0.25, -0.2) is 18.1 Å². The van der Waals surface area contributed by atoms with Gasteiger partial charge in [-0.2, -0.15) is 5.10 Å². The molecule has 0 radical (unpaired) electrons. The molecular formula is C14H21N5O2S. The summed E-state index contributed by atoms with van der Waals surface area (Å²) >= 11 is 0. The second kappa shape index (κ2) is 5.20. The summed E-state index contributed by atoms with van der Waals surface area (Å²) in [5, 5.41) is 4.19. The minimum Gasteiger partial charge on any atom is -0.333 e. The Balaban J connectivity index is 1.84. The molecule has 0 fully saturated rings. The lowest BCUT2D eigenvalue weighted by Gasteiger charge is -2.24. The highest BCUT2D eigenvalue weighted by molar-refractivity contribution is 7.89. The standard InChI is InChI=1S/C14H21N5O2S/c1-9-7-19-8-12(5-6-13(19)15-9)17-22(20,21)14-10(2)16-18(4)11(14)3/h7,12,17H,5-6,8H2,1-4H3. The van der Waals surface area contributed by atoms with Crippen LogP contribution >= 0.6 is 0 Å². The molecule has 2 aromatic rings. The first-order valence-electron chi connectivity index (χ1n) is 7.33. The SMILES string of the molecule is Cc1cn2c(n1)CCC(NS(=O)(=O)c1c(C)nn(C)c1C)C2. The van der Waals surface area contributed by atoms with Crippen molar-refractivity contribution in [1.29, 1.82) is 0 Å². The average Bonchev–Trinajstić information content (AvgIpc) is 2.88. The van der Waals surface area contributed by atoms with Crippen molar-refractivity contribution >= 4 is 10.0 Å². The maximum absolute atomic E-state index is 12.7. The van der Waals surface area contributed by atoms with Crippen molar-refractivity contribution in [3.8, 4) is 0 Å². The quantitative estimate of drug-likeness (QED) is 0.907. The van der Waals surface area contributed by atoms with Gasteiger partial charge in [-0.1, -0.05) is 0 Å². The summed E-state index contributed by atoms with van der Waals surface area (Å²) in [6.45, 7) is 6.06. The molecular weight excluding hydrogens is 302 g/mol. The Morgan fingerprint density at radius 3 is 2.68 bits per heavy atom. The number of sulfonamides is 1. The van der Waals surface area contributed by atoms with Crippen LogP contribution in [0.25, 0.3) is 0 Å². The molecule has 0 aromatic carbocycles. The maximum atomic E-state index is 12.7. The number of rotatable bonds is 3. The lowest BCUT2D eigenvalue weighted by Crippen LogP contribution is -2.41. The van der Waals surface area contributed by atoms with Gasteiger partial charge in [0, 0.05) is 32.3 Å². The fourth-order valence-electron chi connectivity index (χ4n) is 3.10. The molecule has 3 heterocycles. The molecule has 22 heavy (non-hydrogen) atoms. The zero-order valence-electron chi connectivity index (χ0n) is 13.3. The van der Waals surface area contributed by atoms with Crippen LogP contribution in [-0.2, 0) is 30.0 Å². The van der Waals surface area contributed by atoms with Crippen molar-refractivity contribution < 1.29 is 8.42 Å². The minimum atomic E-state index is -3.56. The van der Waals surface area contributed by atoms with E-state index in [2.05, 4.69) is 14.8 Å². The molecule has 0 spiro atoms. The van der Waals surface area contributed by atoms with Gasteiger partial charge in [0.1, 0.15) is 10.7 Å². The highest BCUT2D eigenvalue weighted by Gasteiger charge is 2.29. The molecule has 0 saturated heterocycles. The number of fused-ring (bicyclic) bond motifs is 1. The summed E-state index contributed by atoms with van der Waals surface area (Å²) in [5.74, 6) is 1.03. The van der Waals surface area contributed by atoms with Crippen LogP contribution in [0, 0.1) is 20.8 Å².